The summed E-state index contributed by atoms with van der Waals surface area (Å²) in [4.78, 5) is 46.1. The molecule has 4 aromatic rings. The molecule has 0 saturated carbocycles. The van der Waals surface area contributed by atoms with Crippen molar-refractivity contribution < 1.29 is 14.7 Å². The van der Waals surface area contributed by atoms with Crippen LogP contribution in [0.15, 0.2) is 53.6 Å². The minimum Gasteiger partial charge on any atom is -0.396 e. The van der Waals surface area contributed by atoms with E-state index in [4.69, 9.17) is 5.73 Å². The summed E-state index contributed by atoms with van der Waals surface area (Å²) in [5.41, 5.74) is 8.47. The van der Waals surface area contributed by atoms with Gasteiger partial charge in [0.1, 0.15) is 23.6 Å². The molecule has 1 aromatic carbocycles. The number of aliphatic hydroxyl groups excluding tert-OH is 1. The summed E-state index contributed by atoms with van der Waals surface area (Å²) in [7, 11) is 3.38. The van der Waals surface area contributed by atoms with Crippen molar-refractivity contribution in [3.05, 3.63) is 75.8 Å². The highest BCUT2D eigenvalue weighted by Crippen LogP contribution is 2.28. The number of nitrogen functional groups attached to an aromatic ring is 1. The zero-order chi connectivity index (χ0) is 29.2. The summed E-state index contributed by atoms with van der Waals surface area (Å²) in [6, 6.07) is 10.9. The molecule has 0 aliphatic rings. The monoisotopic (exact) mass is 545 g/mol. The number of nitrogens with one attached hydrogen (secondary N) is 1. The van der Waals surface area contributed by atoms with Gasteiger partial charge in [0.15, 0.2) is 0 Å². The van der Waals surface area contributed by atoms with Gasteiger partial charge in [0.2, 0.25) is 5.91 Å². The van der Waals surface area contributed by atoms with E-state index in [9.17, 15) is 19.5 Å². The Morgan fingerprint density at radius 1 is 1.18 bits per heavy atom. The summed E-state index contributed by atoms with van der Waals surface area (Å²) in [6.07, 6.45) is 3.43. The van der Waals surface area contributed by atoms with E-state index in [1.807, 2.05) is 45.0 Å². The first-order valence-corrected chi connectivity index (χ1v) is 12.9. The van der Waals surface area contributed by atoms with Crippen molar-refractivity contribution in [2.75, 3.05) is 25.9 Å². The molecule has 0 radical (unpaired) electrons. The second-order valence-corrected chi connectivity index (χ2v) is 10.9. The number of nitrogens with zero attached hydrogens (tertiary/aromatic N) is 5. The summed E-state index contributed by atoms with van der Waals surface area (Å²) >= 11 is 0. The number of aryl methyl sites for hydroxylation is 2. The average Bonchev–Trinajstić information content (AvgIpc) is 3.35. The molecule has 0 aliphatic heterocycles. The quantitative estimate of drug-likeness (QED) is 0.292. The Kier molecular flexibility index (Phi) is 8.06. The molecule has 0 spiro atoms. The molecule has 3 heterocycles. The Morgan fingerprint density at radius 3 is 2.50 bits per heavy atom. The minimum absolute atomic E-state index is 0.112. The zero-order valence-corrected chi connectivity index (χ0v) is 23.4. The minimum atomic E-state index is -0.655. The molecule has 210 valence electrons. The van der Waals surface area contributed by atoms with E-state index in [1.54, 1.807) is 37.2 Å². The fourth-order valence-electron chi connectivity index (χ4n) is 4.43. The van der Waals surface area contributed by atoms with E-state index < -0.39 is 16.9 Å². The fourth-order valence-corrected chi connectivity index (χ4v) is 4.43. The second kappa shape index (κ2) is 11.3. The van der Waals surface area contributed by atoms with Crippen molar-refractivity contribution in [2.45, 2.75) is 33.9 Å². The number of nitrogens with two attached hydrogens (primary N) is 1. The van der Waals surface area contributed by atoms with Crippen molar-refractivity contribution in [3.8, 4) is 11.1 Å². The van der Waals surface area contributed by atoms with Gasteiger partial charge in [0.05, 0.1) is 6.20 Å². The van der Waals surface area contributed by atoms with Crippen LogP contribution in [0.25, 0.3) is 22.2 Å². The van der Waals surface area contributed by atoms with Crippen LogP contribution in [0.2, 0.25) is 0 Å². The number of benzene rings is 1. The van der Waals surface area contributed by atoms with Crippen LogP contribution in [0.3, 0.4) is 0 Å². The zero-order valence-electron chi connectivity index (χ0n) is 23.4. The molecule has 0 fully saturated rings. The Morgan fingerprint density at radius 2 is 1.88 bits per heavy atom. The smallest absolute Gasteiger partial charge is 0.265 e. The van der Waals surface area contributed by atoms with E-state index in [2.05, 4.69) is 15.4 Å². The van der Waals surface area contributed by atoms with Crippen LogP contribution in [0, 0.1) is 12.3 Å². The molecule has 4 N–H and O–H groups in total. The maximum Gasteiger partial charge on any atom is 0.265 e. The van der Waals surface area contributed by atoms with Gasteiger partial charge >= 0.3 is 0 Å². The highest BCUT2D eigenvalue weighted by atomic mass is 16.3. The number of fused-ring (bicyclic) bond motifs is 1. The summed E-state index contributed by atoms with van der Waals surface area (Å²) < 4.78 is 2.82. The number of aromatic nitrogens is 4. The number of amides is 2. The number of anilines is 1. The number of aliphatic hydroxyl groups is 1. The molecule has 0 aliphatic carbocycles. The molecule has 40 heavy (non-hydrogen) atoms. The van der Waals surface area contributed by atoms with Gasteiger partial charge in [-0.15, -0.1) is 0 Å². The van der Waals surface area contributed by atoms with E-state index in [0.29, 0.717) is 10.9 Å². The summed E-state index contributed by atoms with van der Waals surface area (Å²) in [6.45, 7) is 5.68. The van der Waals surface area contributed by atoms with Crippen LogP contribution in [-0.2, 0) is 24.9 Å². The number of hydrogen-bond acceptors (Lipinski definition) is 7. The predicted molar refractivity (Wildman–Crippen MR) is 153 cm³/mol. The van der Waals surface area contributed by atoms with E-state index in [1.165, 1.54) is 15.5 Å². The van der Waals surface area contributed by atoms with Gasteiger partial charge in [-0.05, 0) is 24.6 Å². The van der Waals surface area contributed by atoms with Crippen LogP contribution in [0.4, 0.5) is 5.82 Å². The lowest BCUT2D eigenvalue weighted by Crippen LogP contribution is -2.41. The van der Waals surface area contributed by atoms with Crippen LogP contribution >= 0.6 is 0 Å². The molecule has 11 heteroatoms. The molecule has 2 amide bonds. The van der Waals surface area contributed by atoms with Gasteiger partial charge in [-0.25, -0.2) is 4.98 Å². The predicted octanol–water partition coefficient (Wildman–Crippen LogP) is 2.09. The molecule has 3 aromatic heterocycles. The molecule has 0 atom stereocenters. The van der Waals surface area contributed by atoms with Crippen LogP contribution < -0.4 is 16.6 Å². The third kappa shape index (κ3) is 6.20. The Balaban J connectivity index is 1.77. The molecule has 0 bridgehead atoms. The molecular weight excluding hydrogens is 510 g/mol. The first-order chi connectivity index (χ1) is 18.9. The lowest BCUT2D eigenvalue weighted by atomic mass is 9.94. The Labute approximate surface area is 232 Å². The maximum absolute atomic E-state index is 13.6. The first-order valence-electron chi connectivity index (χ1n) is 12.9. The van der Waals surface area contributed by atoms with Gasteiger partial charge in [-0.3, -0.25) is 23.6 Å². The lowest BCUT2D eigenvalue weighted by molar-refractivity contribution is -0.132. The summed E-state index contributed by atoms with van der Waals surface area (Å²) in [5.74, 6) is -0.783. The topological polar surface area (TPSA) is 148 Å². The number of pyridine rings is 2. The van der Waals surface area contributed by atoms with Gasteiger partial charge in [-0.2, -0.15) is 5.10 Å². The lowest BCUT2D eigenvalue weighted by Gasteiger charge is -2.28. The van der Waals surface area contributed by atoms with Crippen molar-refractivity contribution in [1.29, 1.82) is 0 Å². The summed E-state index contributed by atoms with van der Waals surface area (Å²) in [5, 5.41) is 17.1. The van der Waals surface area contributed by atoms with Crippen molar-refractivity contribution in [1.82, 2.24) is 29.5 Å². The highest BCUT2D eigenvalue weighted by Gasteiger charge is 2.24. The molecular formula is C29H35N7O4. The Hall–Kier alpha value is -4.51. The van der Waals surface area contributed by atoms with E-state index in [0.717, 1.165) is 16.7 Å². The normalized spacial score (nSPS) is 11.6. The maximum atomic E-state index is 13.6. The number of carbonyl (C=O) groups excluding carboxylic acids is 2. The van der Waals surface area contributed by atoms with Gasteiger partial charge in [0.25, 0.3) is 11.5 Å². The van der Waals surface area contributed by atoms with E-state index in [-0.39, 0.29) is 49.2 Å². The van der Waals surface area contributed by atoms with Crippen molar-refractivity contribution in [3.63, 3.8) is 0 Å². The van der Waals surface area contributed by atoms with Gasteiger partial charge in [-0.1, -0.05) is 43.7 Å². The van der Waals surface area contributed by atoms with Gasteiger partial charge < -0.3 is 21.1 Å². The Bertz CT molecular complexity index is 1620. The largest absolute Gasteiger partial charge is 0.396 e. The number of hydrogen-bond donors (Lipinski definition) is 3. The number of likely N-dealkylation sites (N-methyl/N-ethyl adjacent to an activating group) is 1. The second-order valence-electron chi connectivity index (χ2n) is 10.9. The van der Waals surface area contributed by atoms with Gasteiger partial charge in [0, 0.05) is 61.9 Å². The fraction of sp³-hybridized carbons (Fsp3) is 0.345. The standard InChI is InChI=1S/C29H35N7O4/c1-18-6-8-19(9-7-18)12-31-27(39)23-11-20-10-22(21-13-32-35(5)14-21)25(30)33-26(20)36(28(23)40)15-24(38)34(4)16-29(2,3)17-37/h6-11,13-14,37H,12,15-17H2,1-5H3,(H2,30,33)(H,31,39). The average molecular weight is 546 g/mol. The molecule has 11 nitrogen and oxygen atoms in total. The number of carbonyl (C=O) groups is 2. The van der Waals surface area contributed by atoms with Crippen molar-refractivity contribution >= 4 is 28.7 Å². The van der Waals surface area contributed by atoms with Crippen LogP contribution in [-0.4, -0.2) is 61.4 Å². The molecule has 4 rings (SSSR count). The third-order valence-corrected chi connectivity index (χ3v) is 6.74. The third-order valence-electron chi connectivity index (χ3n) is 6.74. The van der Waals surface area contributed by atoms with Crippen LogP contribution in [0.1, 0.15) is 35.3 Å². The SMILES string of the molecule is Cc1ccc(CNC(=O)c2cc3cc(-c4cnn(C)c4)c(N)nc3n(CC(=O)N(C)CC(C)(C)CO)c2=O)cc1. The van der Waals surface area contributed by atoms with E-state index >= 15 is 0 Å². The molecule has 0 saturated heterocycles. The molecule has 0 unspecified atom stereocenters. The highest BCUT2D eigenvalue weighted by molar-refractivity contribution is 5.98. The first kappa shape index (κ1) is 28.5. The van der Waals surface area contributed by atoms with Crippen molar-refractivity contribution in [2.24, 2.45) is 12.5 Å². The number of rotatable bonds is 9. The van der Waals surface area contributed by atoms with Crippen LogP contribution in [0.5, 0.6) is 0 Å².